The van der Waals surface area contributed by atoms with E-state index >= 15 is 0 Å². The zero-order valence-corrected chi connectivity index (χ0v) is 21.9. The average molecular weight is 535 g/mol. The normalized spacial score (nSPS) is 19.5. The predicted octanol–water partition coefficient (Wildman–Crippen LogP) is 5.70. The molecule has 186 valence electrons. The molecule has 6 nitrogen and oxygen atoms in total. The van der Waals surface area contributed by atoms with Gasteiger partial charge in [-0.3, -0.25) is 14.4 Å². The zero-order valence-electron chi connectivity index (χ0n) is 19.6. The van der Waals surface area contributed by atoms with E-state index < -0.39 is 12.1 Å². The van der Waals surface area contributed by atoms with E-state index in [1.165, 1.54) is 4.90 Å². The van der Waals surface area contributed by atoms with E-state index in [2.05, 4.69) is 10.6 Å². The lowest BCUT2D eigenvalue weighted by atomic mass is 9.94. The molecule has 1 unspecified atom stereocenters. The molecule has 2 atom stereocenters. The van der Waals surface area contributed by atoms with Crippen molar-refractivity contribution in [2.24, 2.45) is 0 Å². The Kier molecular flexibility index (Phi) is 8.63. The highest BCUT2D eigenvalue weighted by Crippen LogP contribution is 2.34. The molecule has 0 aromatic heterocycles. The van der Waals surface area contributed by atoms with Crippen molar-refractivity contribution in [2.75, 3.05) is 17.3 Å². The van der Waals surface area contributed by atoms with Crippen molar-refractivity contribution < 1.29 is 14.4 Å². The van der Waals surface area contributed by atoms with Crippen molar-refractivity contribution in [3.05, 3.63) is 63.6 Å². The Morgan fingerprint density at radius 2 is 1.77 bits per heavy atom. The van der Waals surface area contributed by atoms with Gasteiger partial charge < -0.3 is 15.5 Å². The minimum atomic E-state index is -0.985. The molecule has 0 bridgehead atoms. The molecule has 2 aliphatic rings. The molecule has 2 N–H and O–H groups in total. The van der Waals surface area contributed by atoms with Crippen LogP contribution < -0.4 is 10.6 Å². The summed E-state index contributed by atoms with van der Waals surface area (Å²) < 4.78 is 0. The van der Waals surface area contributed by atoms with E-state index in [1.54, 1.807) is 54.2 Å². The number of halogens is 2. The maximum atomic E-state index is 14.0. The summed E-state index contributed by atoms with van der Waals surface area (Å²) in [4.78, 5) is 42.8. The van der Waals surface area contributed by atoms with Gasteiger partial charge >= 0.3 is 0 Å². The number of amides is 3. The number of benzene rings is 2. The number of rotatable bonds is 7. The molecule has 3 amide bonds. The van der Waals surface area contributed by atoms with Crippen LogP contribution in [0.4, 0.5) is 5.69 Å². The maximum Gasteiger partial charge on any atom is 0.257 e. The Balaban J connectivity index is 1.80. The van der Waals surface area contributed by atoms with E-state index in [9.17, 15) is 14.4 Å². The van der Waals surface area contributed by atoms with Gasteiger partial charge in [-0.05, 0) is 67.2 Å². The first-order valence-electron chi connectivity index (χ1n) is 11.9. The molecule has 0 radical (unpaired) electrons. The Hall–Kier alpha value is -2.22. The number of nitrogens with one attached hydrogen (secondary N) is 2. The number of carbonyl (C=O) groups excluding carboxylic acids is 3. The summed E-state index contributed by atoms with van der Waals surface area (Å²) in [6.07, 6.45) is 7.45. The minimum absolute atomic E-state index is 0.0534. The second-order valence-corrected chi connectivity index (χ2v) is 10.8. The van der Waals surface area contributed by atoms with Gasteiger partial charge in [-0.1, -0.05) is 54.6 Å². The van der Waals surface area contributed by atoms with Crippen LogP contribution in [0.5, 0.6) is 0 Å². The molecule has 1 fully saturated rings. The number of nitrogens with zero attached hydrogens (tertiary/aromatic N) is 1. The average Bonchev–Trinajstić information content (AvgIpc) is 2.93. The van der Waals surface area contributed by atoms with Gasteiger partial charge in [0.25, 0.3) is 5.91 Å². The van der Waals surface area contributed by atoms with Crippen molar-refractivity contribution in [1.29, 1.82) is 0 Å². The lowest BCUT2D eigenvalue weighted by Gasteiger charge is -2.36. The van der Waals surface area contributed by atoms with E-state index in [0.29, 0.717) is 39.0 Å². The van der Waals surface area contributed by atoms with E-state index in [0.717, 1.165) is 32.1 Å². The van der Waals surface area contributed by atoms with E-state index in [4.69, 9.17) is 23.2 Å². The largest absolute Gasteiger partial charge is 0.351 e. The first-order valence-corrected chi connectivity index (χ1v) is 14.0. The van der Waals surface area contributed by atoms with Crippen LogP contribution in [-0.2, 0) is 9.59 Å². The van der Waals surface area contributed by atoms with Gasteiger partial charge in [-0.25, -0.2) is 0 Å². The Morgan fingerprint density at radius 3 is 2.46 bits per heavy atom. The second-order valence-electron chi connectivity index (χ2n) is 8.99. The first kappa shape index (κ1) is 25.9. The molecular formula is C26H29Cl2N3O3S. The van der Waals surface area contributed by atoms with Crippen LogP contribution in [0.2, 0.25) is 10.0 Å². The van der Waals surface area contributed by atoms with Gasteiger partial charge in [-0.15, -0.1) is 0 Å². The topological polar surface area (TPSA) is 78.5 Å². The summed E-state index contributed by atoms with van der Waals surface area (Å²) in [6, 6.07) is 9.91. The smallest absolute Gasteiger partial charge is 0.257 e. The Bertz CT molecular complexity index is 1090. The maximum absolute atomic E-state index is 14.0. The number of hydrogen-bond donors (Lipinski definition) is 2. The number of anilines is 1. The molecule has 1 aliphatic carbocycles. The third kappa shape index (κ3) is 5.96. The standard InChI is InChI=1S/C26H29Cl2N3O3S/c1-35-14-13-22-24(32)30-21-15-18(28)11-12-20(21)26(34)31(22)23(16-7-9-17(27)10-8-16)25(33)29-19-5-3-2-4-6-19/h7-12,15,19,22-23H,2-6,13-14H2,1H3,(H,29,33)(H,30,32)/t22-,23?/m0/s1. The van der Waals surface area contributed by atoms with Gasteiger partial charge in [0.15, 0.2) is 0 Å². The van der Waals surface area contributed by atoms with Crippen molar-refractivity contribution in [3.8, 4) is 0 Å². The quantitative estimate of drug-likeness (QED) is 0.478. The van der Waals surface area contributed by atoms with Gasteiger partial charge in [-0.2, -0.15) is 11.8 Å². The molecule has 0 spiro atoms. The lowest BCUT2D eigenvalue weighted by molar-refractivity contribution is -0.129. The van der Waals surface area contributed by atoms with Gasteiger partial charge in [0.1, 0.15) is 12.1 Å². The highest BCUT2D eigenvalue weighted by molar-refractivity contribution is 7.98. The lowest BCUT2D eigenvalue weighted by Crippen LogP contribution is -2.53. The van der Waals surface area contributed by atoms with Crippen LogP contribution in [0, 0.1) is 0 Å². The highest BCUT2D eigenvalue weighted by atomic mass is 35.5. The molecule has 35 heavy (non-hydrogen) atoms. The summed E-state index contributed by atoms with van der Waals surface area (Å²) in [6.45, 7) is 0. The fourth-order valence-electron chi connectivity index (χ4n) is 4.84. The first-order chi connectivity index (χ1) is 16.9. The summed E-state index contributed by atoms with van der Waals surface area (Å²) in [5.74, 6) is -0.360. The summed E-state index contributed by atoms with van der Waals surface area (Å²) >= 11 is 13.9. The van der Waals surface area contributed by atoms with Crippen LogP contribution in [0.25, 0.3) is 0 Å². The summed E-state index contributed by atoms with van der Waals surface area (Å²) in [7, 11) is 0. The fraction of sp³-hybridized carbons (Fsp3) is 0.423. The Labute approximate surface area is 220 Å². The highest BCUT2D eigenvalue weighted by Gasteiger charge is 2.43. The van der Waals surface area contributed by atoms with E-state index in [-0.39, 0.29) is 23.8 Å². The van der Waals surface area contributed by atoms with Gasteiger partial charge in [0.05, 0.1) is 11.3 Å². The van der Waals surface area contributed by atoms with Crippen molar-refractivity contribution in [3.63, 3.8) is 0 Å². The van der Waals surface area contributed by atoms with Gasteiger partial charge in [0, 0.05) is 16.1 Å². The zero-order chi connectivity index (χ0) is 24.9. The molecule has 0 saturated heterocycles. The number of carbonyl (C=O) groups is 3. The molecule has 1 heterocycles. The summed E-state index contributed by atoms with van der Waals surface area (Å²) in [5.41, 5.74) is 1.26. The SMILES string of the molecule is CSCC[C@H]1C(=O)Nc2cc(Cl)ccc2C(=O)N1C(C(=O)NC1CCCCC1)c1ccc(Cl)cc1. The van der Waals surface area contributed by atoms with Gasteiger partial charge in [0.2, 0.25) is 11.8 Å². The van der Waals surface area contributed by atoms with Crippen molar-refractivity contribution in [1.82, 2.24) is 10.2 Å². The molecule has 4 rings (SSSR count). The third-order valence-corrected chi connectivity index (χ3v) is 7.73. The molecule has 2 aromatic carbocycles. The molecular weight excluding hydrogens is 505 g/mol. The number of hydrogen-bond acceptors (Lipinski definition) is 4. The minimum Gasteiger partial charge on any atom is -0.351 e. The number of fused-ring (bicyclic) bond motifs is 1. The molecule has 9 heteroatoms. The van der Waals surface area contributed by atoms with E-state index in [1.807, 2.05) is 6.26 Å². The summed E-state index contributed by atoms with van der Waals surface area (Å²) in [5, 5.41) is 6.98. The molecule has 1 saturated carbocycles. The Morgan fingerprint density at radius 1 is 1.09 bits per heavy atom. The predicted molar refractivity (Wildman–Crippen MR) is 142 cm³/mol. The van der Waals surface area contributed by atoms with Crippen LogP contribution in [0.15, 0.2) is 42.5 Å². The number of thioether (sulfide) groups is 1. The molecule has 1 aliphatic heterocycles. The van der Waals surface area contributed by atoms with Crippen LogP contribution >= 0.6 is 35.0 Å². The fourth-order valence-corrected chi connectivity index (χ4v) is 5.59. The van der Waals surface area contributed by atoms with Crippen LogP contribution in [0.3, 0.4) is 0 Å². The van der Waals surface area contributed by atoms with Crippen LogP contribution in [-0.4, -0.2) is 46.7 Å². The van der Waals surface area contributed by atoms with Crippen molar-refractivity contribution in [2.45, 2.75) is 56.7 Å². The monoisotopic (exact) mass is 533 g/mol. The van der Waals surface area contributed by atoms with Crippen LogP contribution in [0.1, 0.15) is 60.5 Å². The molecule has 2 aromatic rings. The van der Waals surface area contributed by atoms with Crippen molar-refractivity contribution >= 4 is 58.4 Å². The second kappa shape index (κ2) is 11.7. The third-order valence-electron chi connectivity index (χ3n) is 6.60.